The molecule has 1 unspecified atom stereocenters. The van der Waals surface area contributed by atoms with Gasteiger partial charge >= 0.3 is 5.69 Å². The standard InChI is InChI=1S/C12H19N3O4/c1-13-10-5-4-6-11(12(10)15(16)17)14-7-9(19-3)8-18-2/h4-6,9,13-14H,7-8H2,1-3H3. The van der Waals surface area contributed by atoms with E-state index < -0.39 is 4.92 Å². The van der Waals surface area contributed by atoms with E-state index in [9.17, 15) is 10.1 Å². The molecule has 19 heavy (non-hydrogen) atoms. The fourth-order valence-corrected chi connectivity index (χ4v) is 1.70. The summed E-state index contributed by atoms with van der Waals surface area (Å²) in [5, 5.41) is 16.9. The van der Waals surface area contributed by atoms with E-state index in [2.05, 4.69) is 10.6 Å². The van der Waals surface area contributed by atoms with Gasteiger partial charge in [0, 0.05) is 27.8 Å². The largest absolute Gasteiger partial charge is 0.382 e. The van der Waals surface area contributed by atoms with E-state index in [1.54, 1.807) is 39.5 Å². The Labute approximate surface area is 112 Å². The summed E-state index contributed by atoms with van der Waals surface area (Å²) in [6.07, 6.45) is -0.164. The molecule has 0 fully saturated rings. The molecule has 0 saturated carbocycles. The first-order valence-electron chi connectivity index (χ1n) is 5.84. The third-order valence-corrected chi connectivity index (χ3v) is 2.69. The van der Waals surface area contributed by atoms with Crippen LogP contribution in [0, 0.1) is 10.1 Å². The summed E-state index contributed by atoms with van der Waals surface area (Å²) in [7, 11) is 4.80. The van der Waals surface area contributed by atoms with E-state index in [1.807, 2.05) is 0 Å². The van der Waals surface area contributed by atoms with Crippen LogP contribution in [0.25, 0.3) is 0 Å². The number of anilines is 2. The number of nitro benzene ring substituents is 1. The zero-order valence-corrected chi connectivity index (χ0v) is 11.3. The summed E-state index contributed by atoms with van der Waals surface area (Å²) in [5.41, 5.74) is 0.947. The van der Waals surface area contributed by atoms with E-state index in [0.717, 1.165) is 0 Å². The molecule has 0 heterocycles. The van der Waals surface area contributed by atoms with Crippen LogP contribution in [-0.2, 0) is 9.47 Å². The minimum atomic E-state index is -0.410. The second kappa shape index (κ2) is 7.55. The van der Waals surface area contributed by atoms with Gasteiger partial charge in [-0.2, -0.15) is 0 Å². The lowest BCUT2D eigenvalue weighted by molar-refractivity contribution is -0.383. The number of ether oxygens (including phenoxy) is 2. The average Bonchev–Trinajstić information content (AvgIpc) is 2.42. The van der Waals surface area contributed by atoms with Crippen molar-refractivity contribution in [1.29, 1.82) is 0 Å². The van der Waals surface area contributed by atoms with Crippen molar-refractivity contribution in [2.75, 3.05) is 45.1 Å². The van der Waals surface area contributed by atoms with E-state index in [-0.39, 0.29) is 11.8 Å². The molecule has 7 nitrogen and oxygen atoms in total. The van der Waals surface area contributed by atoms with Crippen LogP contribution in [0.1, 0.15) is 0 Å². The third-order valence-electron chi connectivity index (χ3n) is 2.69. The molecule has 0 saturated heterocycles. The SMILES string of the molecule is CNc1cccc(NCC(COC)OC)c1[N+](=O)[O-]. The molecule has 7 heteroatoms. The molecule has 0 radical (unpaired) electrons. The number of rotatable bonds is 8. The average molecular weight is 269 g/mol. The minimum absolute atomic E-state index is 0.0252. The van der Waals surface area contributed by atoms with Crippen molar-refractivity contribution in [3.63, 3.8) is 0 Å². The molecule has 1 rings (SSSR count). The predicted molar refractivity (Wildman–Crippen MR) is 73.8 cm³/mol. The number of nitrogens with zero attached hydrogens (tertiary/aromatic N) is 1. The van der Waals surface area contributed by atoms with Gasteiger partial charge in [-0.15, -0.1) is 0 Å². The lowest BCUT2D eigenvalue weighted by atomic mass is 10.2. The summed E-state index contributed by atoms with van der Waals surface area (Å²) in [5.74, 6) is 0. The van der Waals surface area contributed by atoms with Crippen LogP contribution in [-0.4, -0.2) is 45.4 Å². The lowest BCUT2D eigenvalue weighted by Crippen LogP contribution is -2.26. The molecule has 106 valence electrons. The van der Waals surface area contributed by atoms with Gasteiger partial charge in [0.25, 0.3) is 0 Å². The molecule has 1 aromatic rings. The number of methoxy groups -OCH3 is 2. The van der Waals surface area contributed by atoms with Crippen LogP contribution in [0.4, 0.5) is 17.1 Å². The Morgan fingerprint density at radius 1 is 1.37 bits per heavy atom. The summed E-state index contributed by atoms with van der Waals surface area (Å²) >= 11 is 0. The smallest absolute Gasteiger partial charge is 0.315 e. The first-order chi connectivity index (χ1) is 9.13. The Bertz CT molecular complexity index is 425. The van der Waals surface area contributed by atoms with Crippen molar-refractivity contribution >= 4 is 17.1 Å². The van der Waals surface area contributed by atoms with Crippen molar-refractivity contribution in [3.8, 4) is 0 Å². The maximum Gasteiger partial charge on any atom is 0.315 e. The molecular weight excluding hydrogens is 250 g/mol. The molecule has 0 aliphatic heterocycles. The highest BCUT2D eigenvalue weighted by molar-refractivity contribution is 5.76. The molecule has 2 N–H and O–H groups in total. The summed E-state index contributed by atoms with van der Waals surface area (Å²) in [6.45, 7) is 0.849. The number of hydrogen-bond donors (Lipinski definition) is 2. The Hall–Kier alpha value is -1.86. The van der Waals surface area contributed by atoms with Crippen LogP contribution < -0.4 is 10.6 Å². The second-order valence-corrected chi connectivity index (χ2v) is 3.90. The van der Waals surface area contributed by atoms with Crippen LogP contribution in [0.2, 0.25) is 0 Å². The van der Waals surface area contributed by atoms with Crippen LogP contribution >= 0.6 is 0 Å². The quantitative estimate of drug-likeness (QED) is 0.552. The number of para-hydroxylation sites is 1. The fourth-order valence-electron chi connectivity index (χ4n) is 1.70. The Morgan fingerprint density at radius 2 is 2.05 bits per heavy atom. The highest BCUT2D eigenvalue weighted by Gasteiger charge is 2.19. The first-order valence-corrected chi connectivity index (χ1v) is 5.84. The third kappa shape index (κ3) is 4.08. The van der Waals surface area contributed by atoms with Gasteiger partial charge in [0.05, 0.1) is 17.6 Å². The van der Waals surface area contributed by atoms with Gasteiger partial charge in [0.1, 0.15) is 11.4 Å². The molecule has 0 aromatic heterocycles. The molecule has 0 amide bonds. The monoisotopic (exact) mass is 269 g/mol. The fraction of sp³-hybridized carbons (Fsp3) is 0.500. The van der Waals surface area contributed by atoms with Crippen LogP contribution in [0.15, 0.2) is 18.2 Å². The zero-order chi connectivity index (χ0) is 14.3. The number of nitro groups is 1. The highest BCUT2D eigenvalue weighted by Crippen LogP contribution is 2.32. The van der Waals surface area contributed by atoms with E-state index in [1.165, 1.54) is 0 Å². The Morgan fingerprint density at radius 3 is 2.58 bits per heavy atom. The van der Waals surface area contributed by atoms with E-state index in [4.69, 9.17) is 9.47 Å². The topological polar surface area (TPSA) is 85.7 Å². The molecular formula is C12H19N3O4. The predicted octanol–water partition coefficient (Wildman–Crippen LogP) is 1.71. The first kappa shape index (κ1) is 15.2. The van der Waals surface area contributed by atoms with Gasteiger partial charge in [-0.3, -0.25) is 10.1 Å². The highest BCUT2D eigenvalue weighted by atomic mass is 16.6. The molecule has 1 aromatic carbocycles. The van der Waals surface area contributed by atoms with Crippen molar-refractivity contribution in [2.45, 2.75) is 6.10 Å². The second-order valence-electron chi connectivity index (χ2n) is 3.90. The van der Waals surface area contributed by atoms with E-state index >= 15 is 0 Å². The van der Waals surface area contributed by atoms with Crippen molar-refractivity contribution in [3.05, 3.63) is 28.3 Å². The van der Waals surface area contributed by atoms with Gasteiger partial charge in [0.15, 0.2) is 0 Å². The maximum atomic E-state index is 11.1. The Balaban J connectivity index is 2.85. The minimum Gasteiger partial charge on any atom is -0.382 e. The van der Waals surface area contributed by atoms with Crippen molar-refractivity contribution in [2.24, 2.45) is 0 Å². The number of benzene rings is 1. The summed E-state index contributed by atoms with van der Waals surface area (Å²) in [6, 6.07) is 5.07. The van der Waals surface area contributed by atoms with Gasteiger partial charge in [-0.05, 0) is 12.1 Å². The van der Waals surface area contributed by atoms with Crippen LogP contribution in [0.3, 0.4) is 0 Å². The molecule has 0 aliphatic carbocycles. The molecule has 0 bridgehead atoms. The Kier molecular flexibility index (Phi) is 6.04. The molecule has 0 aliphatic rings. The number of hydrogen-bond acceptors (Lipinski definition) is 6. The lowest BCUT2D eigenvalue weighted by Gasteiger charge is -2.16. The van der Waals surface area contributed by atoms with E-state index in [0.29, 0.717) is 24.5 Å². The van der Waals surface area contributed by atoms with Gasteiger partial charge in [-0.1, -0.05) is 6.07 Å². The van der Waals surface area contributed by atoms with Gasteiger partial charge in [-0.25, -0.2) is 0 Å². The van der Waals surface area contributed by atoms with Crippen LogP contribution in [0.5, 0.6) is 0 Å². The normalized spacial score (nSPS) is 11.9. The van der Waals surface area contributed by atoms with Gasteiger partial charge in [0.2, 0.25) is 0 Å². The van der Waals surface area contributed by atoms with Crippen molar-refractivity contribution < 1.29 is 14.4 Å². The zero-order valence-electron chi connectivity index (χ0n) is 11.3. The molecule has 0 spiro atoms. The summed E-state index contributed by atoms with van der Waals surface area (Å²) in [4.78, 5) is 10.7. The summed E-state index contributed by atoms with van der Waals surface area (Å²) < 4.78 is 10.2. The molecule has 1 atom stereocenters. The number of nitrogens with one attached hydrogen (secondary N) is 2. The maximum absolute atomic E-state index is 11.1. The van der Waals surface area contributed by atoms with Crippen molar-refractivity contribution in [1.82, 2.24) is 0 Å². The van der Waals surface area contributed by atoms with Gasteiger partial charge < -0.3 is 20.1 Å².